The van der Waals surface area contributed by atoms with Crippen molar-refractivity contribution in [3.8, 4) is 5.88 Å². The van der Waals surface area contributed by atoms with Crippen LogP contribution in [0.1, 0.15) is 25.3 Å². The minimum atomic E-state index is -0.532. The van der Waals surface area contributed by atoms with Crippen molar-refractivity contribution < 1.29 is 9.66 Å². The molecular formula is C14H17N5O3. The third-order valence-corrected chi connectivity index (χ3v) is 2.92. The molecule has 0 aromatic carbocycles. The minimum Gasteiger partial charge on any atom is -0.473 e. The van der Waals surface area contributed by atoms with Gasteiger partial charge in [0.2, 0.25) is 5.82 Å². The summed E-state index contributed by atoms with van der Waals surface area (Å²) in [6.45, 7) is 2.80. The minimum absolute atomic E-state index is 0.00863. The van der Waals surface area contributed by atoms with E-state index in [1.165, 1.54) is 6.33 Å². The molecule has 0 aliphatic carbocycles. The van der Waals surface area contributed by atoms with Crippen LogP contribution in [0.5, 0.6) is 5.88 Å². The van der Waals surface area contributed by atoms with Gasteiger partial charge in [0.05, 0.1) is 11.5 Å². The summed E-state index contributed by atoms with van der Waals surface area (Å²) in [4.78, 5) is 22.5. The number of nitro groups is 1. The van der Waals surface area contributed by atoms with Gasteiger partial charge in [0, 0.05) is 18.9 Å². The van der Waals surface area contributed by atoms with Crippen molar-refractivity contribution >= 4 is 11.5 Å². The molecule has 8 heteroatoms. The van der Waals surface area contributed by atoms with E-state index in [2.05, 4.69) is 20.3 Å². The molecule has 116 valence electrons. The molecule has 0 aliphatic heterocycles. The number of hydrogen-bond acceptors (Lipinski definition) is 7. The zero-order valence-electron chi connectivity index (χ0n) is 12.2. The largest absolute Gasteiger partial charge is 0.473 e. The Hall–Kier alpha value is -2.77. The van der Waals surface area contributed by atoms with Crippen molar-refractivity contribution in [2.75, 3.05) is 11.9 Å². The zero-order chi connectivity index (χ0) is 15.8. The monoisotopic (exact) mass is 303 g/mol. The van der Waals surface area contributed by atoms with E-state index in [4.69, 9.17) is 4.74 Å². The predicted octanol–water partition coefficient (Wildman–Crippen LogP) is 2.57. The summed E-state index contributed by atoms with van der Waals surface area (Å²) in [5.74, 6) is 0.133. The highest BCUT2D eigenvalue weighted by atomic mass is 16.6. The summed E-state index contributed by atoms with van der Waals surface area (Å²) >= 11 is 0. The molecule has 0 saturated heterocycles. The fraction of sp³-hybridized carbons (Fsp3) is 0.357. The van der Waals surface area contributed by atoms with Crippen LogP contribution in [0.3, 0.4) is 0 Å². The van der Waals surface area contributed by atoms with Gasteiger partial charge >= 0.3 is 5.69 Å². The molecule has 0 bridgehead atoms. The van der Waals surface area contributed by atoms with E-state index in [0.29, 0.717) is 13.2 Å². The fourth-order valence-electron chi connectivity index (χ4n) is 1.76. The Kier molecular flexibility index (Phi) is 5.58. The normalized spacial score (nSPS) is 10.2. The first kappa shape index (κ1) is 15.6. The van der Waals surface area contributed by atoms with Crippen molar-refractivity contribution in [1.82, 2.24) is 15.0 Å². The van der Waals surface area contributed by atoms with Gasteiger partial charge in [-0.1, -0.05) is 13.3 Å². The molecule has 0 atom stereocenters. The lowest BCUT2D eigenvalue weighted by atomic mass is 10.3. The summed E-state index contributed by atoms with van der Waals surface area (Å²) in [6.07, 6.45) is 6.31. The maximum atomic E-state index is 11.3. The first-order valence-electron chi connectivity index (χ1n) is 6.97. The summed E-state index contributed by atoms with van der Waals surface area (Å²) in [7, 11) is 0. The van der Waals surface area contributed by atoms with Gasteiger partial charge in [-0.3, -0.25) is 15.1 Å². The summed E-state index contributed by atoms with van der Waals surface area (Å²) in [6, 6.07) is 3.64. The molecule has 0 aliphatic rings. The van der Waals surface area contributed by atoms with Crippen molar-refractivity contribution in [3.05, 3.63) is 46.5 Å². The van der Waals surface area contributed by atoms with Crippen LogP contribution >= 0.6 is 0 Å². The first-order valence-corrected chi connectivity index (χ1v) is 6.97. The van der Waals surface area contributed by atoms with Crippen LogP contribution in [0.2, 0.25) is 0 Å². The molecule has 0 saturated carbocycles. The van der Waals surface area contributed by atoms with E-state index in [9.17, 15) is 10.1 Å². The average Bonchev–Trinajstić information content (AvgIpc) is 2.54. The molecule has 2 aromatic rings. The number of rotatable bonds is 8. The number of ether oxygens (including phenoxy) is 1. The van der Waals surface area contributed by atoms with Gasteiger partial charge in [-0.15, -0.1) is 0 Å². The number of nitrogens with one attached hydrogen (secondary N) is 1. The molecule has 1 N–H and O–H groups in total. The Morgan fingerprint density at radius 2 is 2.09 bits per heavy atom. The second-order valence-corrected chi connectivity index (χ2v) is 4.54. The van der Waals surface area contributed by atoms with Crippen LogP contribution in [-0.2, 0) is 6.54 Å². The van der Waals surface area contributed by atoms with Gasteiger partial charge in [0.25, 0.3) is 5.88 Å². The quantitative estimate of drug-likeness (QED) is 0.454. The van der Waals surface area contributed by atoms with Gasteiger partial charge in [0.1, 0.15) is 6.33 Å². The third kappa shape index (κ3) is 4.11. The average molecular weight is 303 g/mol. The Balaban J connectivity index is 2.15. The van der Waals surface area contributed by atoms with Crippen LogP contribution in [0, 0.1) is 10.1 Å². The van der Waals surface area contributed by atoms with E-state index < -0.39 is 4.92 Å². The fourth-order valence-corrected chi connectivity index (χ4v) is 1.76. The number of aromatic nitrogens is 3. The van der Waals surface area contributed by atoms with Crippen LogP contribution in [-0.4, -0.2) is 26.5 Å². The van der Waals surface area contributed by atoms with Crippen LogP contribution in [0.25, 0.3) is 0 Å². The van der Waals surface area contributed by atoms with Crippen molar-refractivity contribution in [2.45, 2.75) is 26.3 Å². The van der Waals surface area contributed by atoms with Gasteiger partial charge < -0.3 is 10.1 Å². The van der Waals surface area contributed by atoms with Crippen molar-refractivity contribution in [3.63, 3.8) is 0 Å². The highest BCUT2D eigenvalue weighted by Gasteiger charge is 2.24. The first-order chi connectivity index (χ1) is 10.7. The molecule has 2 heterocycles. The second kappa shape index (κ2) is 7.87. The molecule has 0 unspecified atom stereocenters. The lowest BCUT2D eigenvalue weighted by Gasteiger charge is -2.09. The zero-order valence-corrected chi connectivity index (χ0v) is 12.2. The number of hydrogen-bond donors (Lipinski definition) is 1. The summed E-state index contributed by atoms with van der Waals surface area (Å²) in [5.41, 5.74) is 0.698. The van der Waals surface area contributed by atoms with Gasteiger partial charge in [-0.2, -0.15) is 4.98 Å². The molecular weight excluding hydrogens is 286 g/mol. The SMILES string of the molecule is CCCCOc1ncnc(NCc2ccncc2)c1[N+](=O)[O-]. The van der Waals surface area contributed by atoms with E-state index in [0.717, 1.165) is 18.4 Å². The molecule has 22 heavy (non-hydrogen) atoms. The molecule has 8 nitrogen and oxygen atoms in total. The van der Waals surface area contributed by atoms with E-state index in [1.807, 2.05) is 19.1 Å². The smallest absolute Gasteiger partial charge is 0.372 e. The number of pyridine rings is 1. The molecule has 0 spiro atoms. The number of unbranched alkanes of at least 4 members (excludes halogenated alkanes) is 1. The standard InChI is InChI=1S/C14H17N5O3/c1-2-3-8-22-14-12(19(20)21)13(17-10-18-14)16-9-11-4-6-15-7-5-11/h4-7,10H,2-3,8-9H2,1H3,(H,16,17,18). The molecule has 0 amide bonds. The van der Waals surface area contributed by atoms with E-state index >= 15 is 0 Å². The Labute approximate surface area is 127 Å². The van der Waals surface area contributed by atoms with E-state index in [-0.39, 0.29) is 17.4 Å². The van der Waals surface area contributed by atoms with Crippen LogP contribution in [0.4, 0.5) is 11.5 Å². The van der Waals surface area contributed by atoms with Crippen LogP contribution < -0.4 is 10.1 Å². The van der Waals surface area contributed by atoms with Gasteiger partial charge in [-0.05, 0) is 24.1 Å². The number of nitrogens with zero attached hydrogens (tertiary/aromatic N) is 4. The second-order valence-electron chi connectivity index (χ2n) is 4.54. The van der Waals surface area contributed by atoms with Crippen LogP contribution in [0.15, 0.2) is 30.9 Å². The Morgan fingerprint density at radius 1 is 1.32 bits per heavy atom. The molecule has 0 fully saturated rings. The maximum absolute atomic E-state index is 11.3. The number of anilines is 1. The summed E-state index contributed by atoms with van der Waals surface area (Å²) < 4.78 is 5.39. The summed E-state index contributed by atoms with van der Waals surface area (Å²) in [5, 5.41) is 14.2. The van der Waals surface area contributed by atoms with Crippen molar-refractivity contribution in [1.29, 1.82) is 0 Å². The Morgan fingerprint density at radius 3 is 2.77 bits per heavy atom. The van der Waals surface area contributed by atoms with Gasteiger partial charge in [0.15, 0.2) is 0 Å². The van der Waals surface area contributed by atoms with Crippen molar-refractivity contribution in [2.24, 2.45) is 0 Å². The molecule has 2 aromatic heterocycles. The van der Waals surface area contributed by atoms with E-state index in [1.54, 1.807) is 12.4 Å². The Bertz CT molecular complexity index is 621. The highest BCUT2D eigenvalue weighted by molar-refractivity contribution is 5.61. The molecule has 0 radical (unpaired) electrons. The lowest BCUT2D eigenvalue weighted by Crippen LogP contribution is -2.08. The topological polar surface area (TPSA) is 103 Å². The lowest BCUT2D eigenvalue weighted by molar-refractivity contribution is -0.385. The third-order valence-electron chi connectivity index (χ3n) is 2.92. The van der Waals surface area contributed by atoms with Gasteiger partial charge in [-0.25, -0.2) is 4.98 Å². The predicted molar refractivity (Wildman–Crippen MR) is 80.7 cm³/mol. The molecule has 2 rings (SSSR count). The highest BCUT2D eigenvalue weighted by Crippen LogP contribution is 2.31. The maximum Gasteiger partial charge on any atom is 0.372 e.